The lowest BCUT2D eigenvalue weighted by Crippen LogP contribution is -2.17. The van der Waals surface area contributed by atoms with Crippen molar-refractivity contribution in [3.63, 3.8) is 0 Å². The molecule has 29 heavy (non-hydrogen) atoms. The molecular weight excluding hydrogens is 386 g/mol. The molecule has 1 aliphatic heterocycles. The van der Waals surface area contributed by atoms with Crippen LogP contribution in [0.25, 0.3) is 5.69 Å². The Balaban J connectivity index is 1.70. The van der Waals surface area contributed by atoms with E-state index in [-0.39, 0.29) is 5.91 Å². The predicted octanol–water partition coefficient (Wildman–Crippen LogP) is 3.90. The molecule has 0 spiro atoms. The van der Waals surface area contributed by atoms with Gasteiger partial charge in [-0.3, -0.25) is 9.00 Å². The lowest BCUT2D eigenvalue weighted by atomic mass is 10.1. The molecular formula is C22H23N3O3S. The molecule has 1 amide bonds. The number of aromatic nitrogens is 2. The van der Waals surface area contributed by atoms with Crippen LogP contribution in [0.15, 0.2) is 42.5 Å². The molecule has 1 aliphatic rings. The number of rotatable bonds is 5. The maximum absolute atomic E-state index is 12.9. The number of hydrogen-bond donors (Lipinski definition) is 1. The zero-order valence-corrected chi connectivity index (χ0v) is 17.5. The van der Waals surface area contributed by atoms with Crippen molar-refractivity contribution in [1.29, 1.82) is 0 Å². The molecule has 0 fully saturated rings. The lowest BCUT2D eigenvalue weighted by Gasteiger charge is -2.13. The van der Waals surface area contributed by atoms with Gasteiger partial charge in [-0.15, -0.1) is 0 Å². The van der Waals surface area contributed by atoms with E-state index in [0.29, 0.717) is 29.5 Å². The van der Waals surface area contributed by atoms with Crippen LogP contribution in [0.2, 0.25) is 0 Å². The van der Waals surface area contributed by atoms with Crippen molar-refractivity contribution in [2.45, 2.75) is 32.3 Å². The van der Waals surface area contributed by atoms with Crippen molar-refractivity contribution < 1.29 is 13.7 Å². The fourth-order valence-electron chi connectivity index (χ4n) is 3.52. The summed E-state index contributed by atoms with van der Waals surface area (Å²) in [4.78, 5) is 12.9. The Hall–Kier alpha value is -2.93. The smallest absolute Gasteiger partial charge is 0.256 e. The van der Waals surface area contributed by atoms with Crippen LogP contribution in [0.5, 0.6) is 5.75 Å². The first kappa shape index (κ1) is 19.4. The first-order valence-electron chi connectivity index (χ1n) is 9.54. The topological polar surface area (TPSA) is 73.2 Å². The van der Waals surface area contributed by atoms with Crippen LogP contribution in [0.4, 0.5) is 5.82 Å². The third kappa shape index (κ3) is 3.82. The molecule has 0 unspecified atom stereocenters. The molecule has 1 aromatic heterocycles. The SMILES string of the molecule is CCOc1ccc(C(=O)Nc2c3c(nn2-c2ccc(C)cc2C)C[S@](=O)C3)cc1. The highest BCUT2D eigenvalue weighted by molar-refractivity contribution is 7.83. The van der Waals surface area contributed by atoms with Crippen molar-refractivity contribution in [1.82, 2.24) is 9.78 Å². The Morgan fingerprint density at radius 3 is 2.62 bits per heavy atom. The third-order valence-corrected chi connectivity index (χ3v) is 6.12. The summed E-state index contributed by atoms with van der Waals surface area (Å²) in [6.45, 7) is 6.55. The molecule has 1 atom stereocenters. The largest absolute Gasteiger partial charge is 0.494 e. The molecule has 4 rings (SSSR count). The number of fused-ring (bicyclic) bond motifs is 1. The van der Waals surface area contributed by atoms with E-state index >= 15 is 0 Å². The molecule has 1 N–H and O–H groups in total. The molecule has 150 valence electrons. The molecule has 6 nitrogen and oxygen atoms in total. The van der Waals surface area contributed by atoms with E-state index in [1.165, 1.54) is 0 Å². The summed E-state index contributed by atoms with van der Waals surface area (Å²) >= 11 is 0. The summed E-state index contributed by atoms with van der Waals surface area (Å²) in [5.41, 5.74) is 5.27. The second kappa shape index (κ2) is 7.83. The molecule has 2 heterocycles. The van der Waals surface area contributed by atoms with E-state index in [0.717, 1.165) is 33.8 Å². The molecule has 0 saturated carbocycles. The summed E-state index contributed by atoms with van der Waals surface area (Å²) in [5.74, 6) is 1.90. The number of nitrogens with zero attached hydrogens (tertiary/aromatic N) is 2. The van der Waals surface area contributed by atoms with Gasteiger partial charge in [0, 0.05) is 21.9 Å². The monoisotopic (exact) mass is 409 g/mol. The van der Waals surface area contributed by atoms with Crippen LogP contribution in [0.1, 0.15) is 39.7 Å². The molecule has 0 radical (unpaired) electrons. The molecule has 3 aromatic rings. The Kier molecular flexibility index (Phi) is 5.24. The molecule has 0 bridgehead atoms. The maximum atomic E-state index is 12.9. The highest BCUT2D eigenvalue weighted by Crippen LogP contribution is 2.32. The number of carbonyl (C=O) groups excluding carboxylic acids is 1. The van der Waals surface area contributed by atoms with E-state index in [2.05, 4.69) is 16.5 Å². The predicted molar refractivity (Wildman–Crippen MR) is 114 cm³/mol. The number of hydrogen-bond acceptors (Lipinski definition) is 4. The minimum Gasteiger partial charge on any atom is -0.494 e. The maximum Gasteiger partial charge on any atom is 0.256 e. The van der Waals surface area contributed by atoms with Gasteiger partial charge in [0.1, 0.15) is 11.6 Å². The number of ether oxygens (including phenoxy) is 1. The standard InChI is InChI=1S/C22H23N3O3S/c1-4-28-17-8-6-16(7-9-17)22(26)23-21-18-12-29(27)13-19(18)24-25(21)20-10-5-14(2)11-15(20)3/h5-11H,4,12-13H2,1-3H3,(H,23,26)/t29-/m1/s1. The Bertz CT molecular complexity index is 1100. The van der Waals surface area contributed by atoms with Crippen molar-refractivity contribution in [3.05, 3.63) is 70.4 Å². The van der Waals surface area contributed by atoms with Crippen molar-refractivity contribution >= 4 is 22.5 Å². The quantitative estimate of drug-likeness (QED) is 0.694. The molecule has 0 saturated heterocycles. The van der Waals surface area contributed by atoms with Gasteiger partial charge >= 0.3 is 0 Å². The molecule has 7 heteroatoms. The zero-order valence-electron chi connectivity index (χ0n) is 16.7. The van der Waals surface area contributed by atoms with Gasteiger partial charge in [0.2, 0.25) is 0 Å². The minimum absolute atomic E-state index is 0.237. The lowest BCUT2D eigenvalue weighted by molar-refractivity contribution is 0.102. The van der Waals surface area contributed by atoms with E-state index < -0.39 is 10.8 Å². The van der Waals surface area contributed by atoms with Crippen LogP contribution >= 0.6 is 0 Å². The van der Waals surface area contributed by atoms with Gasteiger partial charge in [-0.05, 0) is 56.7 Å². The van der Waals surface area contributed by atoms with Crippen LogP contribution in [0, 0.1) is 13.8 Å². The van der Waals surface area contributed by atoms with E-state index in [4.69, 9.17) is 4.74 Å². The average molecular weight is 410 g/mol. The first-order chi connectivity index (χ1) is 14.0. The average Bonchev–Trinajstić information content (AvgIpc) is 3.19. The number of benzene rings is 2. The minimum atomic E-state index is -0.981. The highest BCUT2D eigenvalue weighted by Gasteiger charge is 2.29. The first-order valence-corrected chi connectivity index (χ1v) is 11.0. The summed E-state index contributed by atoms with van der Waals surface area (Å²) in [5, 5.41) is 7.68. The summed E-state index contributed by atoms with van der Waals surface area (Å²) in [7, 11) is -0.981. The van der Waals surface area contributed by atoms with Gasteiger partial charge in [0.15, 0.2) is 0 Å². The second-order valence-electron chi connectivity index (χ2n) is 7.12. The van der Waals surface area contributed by atoms with E-state index in [9.17, 15) is 9.00 Å². The summed E-state index contributed by atoms with van der Waals surface area (Å²) in [6.07, 6.45) is 0. The number of anilines is 1. The van der Waals surface area contributed by atoms with E-state index in [1.807, 2.05) is 32.9 Å². The van der Waals surface area contributed by atoms with Crippen molar-refractivity contribution in [2.75, 3.05) is 11.9 Å². The normalized spacial score (nSPS) is 15.2. The Morgan fingerprint density at radius 2 is 1.93 bits per heavy atom. The van der Waals surface area contributed by atoms with Gasteiger partial charge in [-0.2, -0.15) is 5.10 Å². The van der Waals surface area contributed by atoms with Gasteiger partial charge in [0.25, 0.3) is 5.91 Å². The summed E-state index contributed by atoms with van der Waals surface area (Å²) < 4.78 is 19.3. The molecule has 2 aromatic carbocycles. The number of nitrogens with one attached hydrogen (secondary N) is 1. The Labute approximate surface area is 172 Å². The third-order valence-electron chi connectivity index (χ3n) is 4.91. The number of carbonyl (C=O) groups is 1. The van der Waals surface area contributed by atoms with E-state index in [1.54, 1.807) is 28.9 Å². The van der Waals surface area contributed by atoms with Gasteiger partial charge < -0.3 is 10.1 Å². The second-order valence-corrected chi connectivity index (χ2v) is 8.57. The fourth-order valence-corrected chi connectivity index (χ4v) is 4.79. The number of aryl methyl sites for hydroxylation is 2. The van der Waals surface area contributed by atoms with Crippen molar-refractivity contribution in [2.24, 2.45) is 0 Å². The fraction of sp³-hybridized carbons (Fsp3) is 0.273. The highest BCUT2D eigenvalue weighted by atomic mass is 32.2. The van der Waals surface area contributed by atoms with Crippen LogP contribution in [-0.2, 0) is 22.3 Å². The van der Waals surface area contributed by atoms with Gasteiger partial charge in [-0.1, -0.05) is 17.7 Å². The zero-order chi connectivity index (χ0) is 20.5. The Morgan fingerprint density at radius 1 is 1.17 bits per heavy atom. The van der Waals surface area contributed by atoms with Crippen LogP contribution in [0.3, 0.4) is 0 Å². The van der Waals surface area contributed by atoms with Crippen molar-refractivity contribution in [3.8, 4) is 11.4 Å². The number of amides is 1. The van der Waals surface area contributed by atoms with Crippen LogP contribution < -0.4 is 10.1 Å². The van der Waals surface area contributed by atoms with Gasteiger partial charge in [0.05, 0.1) is 29.5 Å². The summed E-state index contributed by atoms with van der Waals surface area (Å²) in [6, 6.07) is 13.1. The van der Waals surface area contributed by atoms with Crippen LogP contribution in [-0.4, -0.2) is 26.5 Å². The van der Waals surface area contributed by atoms with Gasteiger partial charge in [-0.25, -0.2) is 4.68 Å². The molecule has 0 aliphatic carbocycles.